The minimum Gasteiger partial charge on any atom is -0.383 e. The number of hydrogen-bond donors (Lipinski definition) is 0. The Morgan fingerprint density at radius 3 is 2.57 bits per heavy atom. The number of amides is 1. The highest BCUT2D eigenvalue weighted by atomic mass is 32.2. The second-order valence-corrected chi connectivity index (χ2v) is 11.1. The number of aryl methyl sites for hydroxylation is 1. The van der Waals surface area contributed by atoms with Crippen LogP contribution >= 0.6 is 11.3 Å². The Hall–Kier alpha value is -3.27. The standard InChI is InChI=1S/C26H25N3O4S2/c1-33-18-17-28-23-10-4-5-11-24(23)34-26(28)27-25(30)20-12-14-21(15-13-20)35(31,32)29-16-6-8-19-7-2-3-9-22(19)29/h2-5,7,9-15H,6,8,16-18H2,1H3. The summed E-state index contributed by atoms with van der Waals surface area (Å²) < 4.78 is 36.4. The van der Waals surface area contributed by atoms with E-state index in [1.165, 1.54) is 39.9 Å². The molecule has 5 rings (SSSR count). The number of sulfonamides is 1. The molecule has 1 amide bonds. The first-order valence-corrected chi connectivity index (χ1v) is 13.6. The Labute approximate surface area is 208 Å². The number of carbonyl (C=O) groups excluding carboxylic acids is 1. The third-order valence-corrected chi connectivity index (χ3v) is 8.95. The summed E-state index contributed by atoms with van der Waals surface area (Å²) >= 11 is 1.43. The fourth-order valence-electron chi connectivity index (χ4n) is 4.30. The van der Waals surface area contributed by atoms with Gasteiger partial charge in [-0.1, -0.05) is 41.7 Å². The molecule has 1 aliphatic heterocycles. The van der Waals surface area contributed by atoms with Crippen LogP contribution in [0.1, 0.15) is 22.3 Å². The first-order chi connectivity index (χ1) is 17.0. The van der Waals surface area contributed by atoms with E-state index in [0.717, 1.165) is 34.3 Å². The molecule has 0 aliphatic carbocycles. The number of ether oxygens (including phenoxy) is 1. The molecule has 1 aromatic heterocycles. The summed E-state index contributed by atoms with van der Waals surface area (Å²) in [7, 11) is -2.10. The van der Waals surface area contributed by atoms with E-state index in [1.54, 1.807) is 7.11 Å². The molecule has 7 nitrogen and oxygen atoms in total. The van der Waals surface area contributed by atoms with Crippen molar-refractivity contribution in [3.05, 3.63) is 88.7 Å². The van der Waals surface area contributed by atoms with E-state index in [-0.39, 0.29) is 4.90 Å². The number of para-hydroxylation sites is 2. The van der Waals surface area contributed by atoms with Crippen molar-refractivity contribution in [2.45, 2.75) is 24.3 Å². The summed E-state index contributed by atoms with van der Waals surface area (Å²) in [6.45, 7) is 1.50. The Morgan fingerprint density at radius 1 is 1.03 bits per heavy atom. The molecule has 3 aromatic carbocycles. The number of nitrogens with zero attached hydrogens (tertiary/aromatic N) is 3. The lowest BCUT2D eigenvalue weighted by Gasteiger charge is -2.30. The van der Waals surface area contributed by atoms with E-state index >= 15 is 0 Å². The Bertz CT molecular complexity index is 1550. The number of hydrogen-bond acceptors (Lipinski definition) is 5. The summed E-state index contributed by atoms with van der Waals surface area (Å²) in [5.41, 5.74) is 3.07. The average Bonchev–Trinajstić information content (AvgIpc) is 3.23. The van der Waals surface area contributed by atoms with Crippen molar-refractivity contribution in [3.8, 4) is 0 Å². The lowest BCUT2D eigenvalue weighted by molar-refractivity contribution is 0.0997. The molecule has 1 aliphatic rings. The minimum atomic E-state index is -3.74. The molecule has 0 unspecified atom stereocenters. The first-order valence-electron chi connectivity index (χ1n) is 11.4. The number of rotatable bonds is 6. The van der Waals surface area contributed by atoms with Crippen LogP contribution in [0.2, 0.25) is 0 Å². The largest absolute Gasteiger partial charge is 0.383 e. The smallest absolute Gasteiger partial charge is 0.279 e. The van der Waals surface area contributed by atoms with Gasteiger partial charge in [-0.15, -0.1) is 0 Å². The van der Waals surface area contributed by atoms with Crippen LogP contribution in [-0.4, -0.2) is 39.2 Å². The maximum atomic E-state index is 13.4. The third kappa shape index (κ3) is 4.54. The van der Waals surface area contributed by atoms with Crippen LogP contribution < -0.4 is 9.11 Å². The van der Waals surface area contributed by atoms with Crippen LogP contribution in [0.15, 0.2) is 82.7 Å². The predicted molar refractivity (Wildman–Crippen MR) is 137 cm³/mol. The first kappa shape index (κ1) is 23.5. The molecule has 0 N–H and O–H groups in total. The third-order valence-electron chi connectivity index (χ3n) is 6.06. The highest BCUT2D eigenvalue weighted by molar-refractivity contribution is 7.92. The van der Waals surface area contributed by atoms with E-state index in [2.05, 4.69) is 4.99 Å². The number of fused-ring (bicyclic) bond motifs is 2. The van der Waals surface area contributed by atoms with Crippen molar-refractivity contribution >= 4 is 43.2 Å². The van der Waals surface area contributed by atoms with Gasteiger partial charge in [0.1, 0.15) is 0 Å². The van der Waals surface area contributed by atoms with Crippen molar-refractivity contribution < 1.29 is 17.9 Å². The van der Waals surface area contributed by atoms with Crippen molar-refractivity contribution in [1.29, 1.82) is 0 Å². The lowest BCUT2D eigenvalue weighted by Crippen LogP contribution is -2.35. The van der Waals surface area contributed by atoms with E-state index in [0.29, 0.717) is 30.1 Å². The SMILES string of the molecule is COCCn1c(=NC(=O)c2ccc(S(=O)(=O)N3CCCc4ccccc43)cc2)sc2ccccc21. The van der Waals surface area contributed by atoms with Gasteiger partial charge >= 0.3 is 0 Å². The van der Waals surface area contributed by atoms with Crippen LogP contribution in [0.3, 0.4) is 0 Å². The fraction of sp³-hybridized carbons (Fsp3) is 0.231. The van der Waals surface area contributed by atoms with Crippen LogP contribution in [0.5, 0.6) is 0 Å². The zero-order valence-electron chi connectivity index (χ0n) is 19.3. The number of aromatic nitrogens is 1. The zero-order valence-corrected chi connectivity index (χ0v) is 20.9. The van der Waals surface area contributed by atoms with Gasteiger partial charge in [-0.3, -0.25) is 9.10 Å². The lowest BCUT2D eigenvalue weighted by atomic mass is 10.0. The van der Waals surface area contributed by atoms with Gasteiger partial charge in [-0.05, 0) is 60.9 Å². The second kappa shape index (κ2) is 9.77. The Morgan fingerprint density at radius 2 is 1.77 bits per heavy atom. The normalized spacial score (nSPS) is 14.3. The molecule has 0 fully saturated rings. The number of anilines is 1. The predicted octanol–water partition coefficient (Wildman–Crippen LogP) is 4.23. The van der Waals surface area contributed by atoms with Crippen LogP contribution in [0, 0.1) is 0 Å². The Kier molecular flexibility index (Phi) is 6.55. The van der Waals surface area contributed by atoms with Crippen LogP contribution in [0.4, 0.5) is 5.69 Å². The zero-order chi connectivity index (χ0) is 24.4. The molecule has 9 heteroatoms. The topological polar surface area (TPSA) is 81.0 Å². The van der Waals surface area contributed by atoms with Crippen molar-refractivity contribution in [1.82, 2.24) is 4.57 Å². The van der Waals surface area contributed by atoms with E-state index in [1.807, 2.05) is 53.1 Å². The van der Waals surface area contributed by atoms with Gasteiger partial charge in [0, 0.05) is 25.8 Å². The quantitative estimate of drug-likeness (QED) is 0.391. The molecule has 0 saturated carbocycles. The molecule has 0 radical (unpaired) electrons. The molecule has 0 saturated heterocycles. The van der Waals surface area contributed by atoms with Gasteiger partial charge in [0.25, 0.3) is 15.9 Å². The van der Waals surface area contributed by atoms with Gasteiger partial charge < -0.3 is 9.30 Å². The maximum Gasteiger partial charge on any atom is 0.279 e. The molecule has 180 valence electrons. The van der Waals surface area contributed by atoms with Crippen molar-refractivity contribution in [2.24, 2.45) is 4.99 Å². The molecular weight excluding hydrogens is 482 g/mol. The van der Waals surface area contributed by atoms with E-state index in [9.17, 15) is 13.2 Å². The summed E-state index contributed by atoms with van der Waals surface area (Å²) in [6, 6.07) is 21.5. The van der Waals surface area contributed by atoms with E-state index in [4.69, 9.17) is 4.74 Å². The summed E-state index contributed by atoms with van der Waals surface area (Å²) in [6.07, 6.45) is 1.63. The molecule has 0 bridgehead atoms. The van der Waals surface area contributed by atoms with Crippen molar-refractivity contribution in [2.75, 3.05) is 24.6 Å². The molecule has 0 atom stereocenters. The van der Waals surface area contributed by atoms with Crippen molar-refractivity contribution in [3.63, 3.8) is 0 Å². The number of benzene rings is 3. The fourth-order valence-corrected chi connectivity index (χ4v) is 6.90. The number of thiazole rings is 1. The molecular formula is C26H25N3O4S2. The maximum absolute atomic E-state index is 13.4. The highest BCUT2D eigenvalue weighted by Crippen LogP contribution is 2.31. The van der Waals surface area contributed by atoms with Gasteiger partial charge in [-0.2, -0.15) is 4.99 Å². The molecule has 35 heavy (non-hydrogen) atoms. The molecule has 0 spiro atoms. The summed E-state index contributed by atoms with van der Waals surface area (Å²) in [5, 5.41) is 0. The van der Waals surface area contributed by atoms with E-state index < -0.39 is 15.9 Å². The number of methoxy groups -OCH3 is 1. The second-order valence-electron chi connectivity index (χ2n) is 8.25. The minimum absolute atomic E-state index is 0.155. The van der Waals surface area contributed by atoms with Crippen LogP contribution in [-0.2, 0) is 27.7 Å². The average molecular weight is 508 g/mol. The monoisotopic (exact) mass is 507 g/mol. The number of carbonyl (C=O) groups is 1. The molecule has 2 heterocycles. The Balaban J connectivity index is 1.45. The highest BCUT2D eigenvalue weighted by Gasteiger charge is 2.29. The van der Waals surface area contributed by atoms with Gasteiger partial charge in [0.15, 0.2) is 4.80 Å². The molecule has 4 aromatic rings. The summed E-state index contributed by atoms with van der Waals surface area (Å²) in [4.78, 5) is 18.1. The van der Waals surface area contributed by atoms with Gasteiger partial charge in [0.2, 0.25) is 0 Å². The summed E-state index contributed by atoms with van der Waals surface area (Å²) in [5.74, 6) is -0.421. The van der Waals surface area contributed by atoms with Gasteiger partial charge in [-0.25, -0.2) is 8.42 Å². The van der Waals surface area contributed by atoms with Crippen LogP contribution in [0.25, 0.3) is 10.2 Å². The van der Waals surface area contributed by atoms with Gasteiger partial charge in [0.05, 0.1) is 27.4 Å².